The first-order valence-corrected chi connectivity index (χ1v) is 6.87. The standard InChI is InChI=1S/C11H22IN/c1-9(2)10-6-11(7-10,8-12)4-5-13-3/h9-10,13H,4-8H2,1-3H3. The number of hydrogen-bond donors (Lipinski definition) is 1. The predicted molar refractivity (Wildman–Crippen MR) is 67.4 cm³/mol. The molecule has 2 heteroatoms. The van der Waals surface area contributed by atoms with Gasteiger partial charge in [0.25, 0.3) is 0 Å². The zero-order valence-corrected chi connectivity index (χ0v) is 11.2. The summed E-state index contributed by atoms with van der Waals surface area (Å²) in [7, 11) is 2.06. The summed E-state index contributed by atoms with van der Waals surface area (Å²) in [5.41, 5.74) is 0.693. The minimum atomic E-state index is 0.693. The van der Waals surface area contributed by atoms with Crippen LogP contribution in [0.5, 0.6) is 0 Å². The SMILES string of the molecule is CNCCC1(CI)CC(C(C)C)C1. The van der Waals surface area contributed by atoms with Crippen molar-refractivity contribution >= 4 is 22.6 Å². The lowest BCUT2D eigenvalue weighted by Crippen LogP contribution is -2.42. The van der Waals surface area contributed by atoms with E-state index in [2.05, 4.69) is 48.8 Å². The molecule has 0 spiro atoms. The highest BCUT2D eigenvalue weighted by Gasteiger charge is 2.43. The summed E-state index contributed by atoms with van der Waals surface area (Å²) in [5.74, 6) is 1.90. The van der Waals surface area contributed by atoms with Crippen molar-refractivity contribution in [2.45, 2.75) is 33.1 Å². The summed E-state index contributed by atoms with van der Waals surface area (Å²) in [6.45, 7) is 5.91. The van der Waals surface area contributed by atoms with Crippen molar-refractivity contribution in [3.63, 3.8) is 0 Å². The maximum Gasteiger partial charge on any atom is 0.00526 e. The molecule has 1 saturated carbocycles. The Balaban J connectivity index is 2.31. The molecule has 0 heterocycles. The molecule has 0 unspecified atom stereocenters. The Morgan fingerprint density at radius 1 is 1.46 bits per heavy atom. The van der Waals surface area contributed by atoms with Gasteiger partial charge in [-0.15, -0.1) is 0 Å². The highest BCUT2D eigenvalue weighted by Crippen LogP contribution is 2.52. The number of hydrogen-bond acceptors (Lipinski definition) is 1. The molecule has 0 radical (unpaired) electrons. The van der Waals surface area contributed by atoms with E-state index in [-0.39, 0.29) is 0 Å². The van der Waals surface area contributed by atoms with Crippen LogP contribution >= 0.6 is 22.6 Å². The van der Waals surface area contributed by atoms with Crippen molar-refractivity contribution in [2.24, 2.45) is 17.3 Å². The van der Waals surface area contributed by atoms with E-state index in [1.807, 2.05) is 0 Å². The predicted octanol–water partition coefficient (Wildman–Crippen LogP) is 3.08. The average Bonchev–Trinajstić information content (AvgIpc) is 2.03. The normalized spacial score (nSPS) is 33.5. The van der Waals surface area contributed by atoms with E-state index in [1.54, 1.807) is 0 Å². The molecule has 1 aliphatic carbocycles. The van der Waals surface area contributed by atoms with Gasteiger partial charge in [0.15, 0.2) is 0 Å². The van der Waals surface area contributed by atoms with E-state index in [0.717, 1.165) is 11.8 Å². The smallest absolute Gasteiger partial charge is 0.00526 e. The van der Waals surface area contributed by atoms with E-state index < -0.39 is 0 Å². The summed E-state index contributed by atoms with van der Waals surface area (Å²) in [5, 5.41) is 3.27. The topological polar surface area (TPSA) is 12.0 Å². The van der Waals surface area contributed by atoms with Crippen LogP contribution in [-0.2, 0) is 0 Å². The van der Waals surface area contributed by atoms with Crippen molar-refractivity contribution in [2.75, 3.05) is 18.0 Å². The van der Waals surface area contributed by atoms with Crippen LogP contribution in [0.1, 0.15) is 33.1 Å². The maximum absolute atomic E-state index is 3.27. The van der Waals surface area contributed by atoms with Crippen LogP contribution in [-0.4, -0.2) is 18.0 Å². The van der Waals surface area contributed by atoms with Crippen LogP contribution in [0.2, 0.25) is 0 Å². The highest BCUT2D eigenvalue weighted by molar-refractivity contribution is 14.1. The van der Waals surface area contributed by atoms with Crippen molar-refractivity contribution in [3.05, 3.63) is 0 Å². The number of halogens is 1. The summed E-state index contributed by atoms with van der Waals surface area (Å²) in [6.07, 6.45) is 4.31. The van der Waals surface area contributed by atoms with Gasteiger partial charge in [-0.3, -0.25) is 0 Å². The summed E-state index contributed by atoms with van der Waals surface area (Å²) in [4.78, 5) is 0. The van der Waals surface area contributed by atoms with Gasteiger partial charge in [0.05, 0.1) is 0 Å². The molecule has 0 atom stereocenters. The molecule has 0 aromatic rings. The molecular weight excluding hydrogens is 273 g/mol. The Labute approximate surface area is 96.2 Å². The molecule has 1 rings (SSSR count). The van der Waals surface area contributed by atoms with Crippen molar-refractivity contribution in [1.82, 2.24) is 5.32 Å². The van der Waals surface area contributed by atoms with E-state index in [1.165, 1.54) is 30.2 Å². The van der Waals surface area contributed by atoms with E-state index >= 15 is 0 Å². The van der Waals surface area contributed by atoms with Gasteiger partial charge < -0.3 is 5.32 Å². The molecule has 0 bridgehead atoms. The van der Waals surface area contributed by atoms with Crippen LogP contribution in [0.3, 0.4) is 0 Å². The first kappa shape index (κ1) is 11.8. The minimum absolute atomic E-state index is 0.693. The second kappa shape index (κ2) is 4.96. The lowest BCUT2D eigenvalue weighted by atomic mass is 9.58. The number of rotatable bonds is 5. The molecule has 1 nitrogen and oxygen atoms in total. The summed E-state index contributed by atoms with van der Waals surface area (Å²) in [6, 6.07) is 0. The van der Waals surface area contributed by atoms with Crippen LogP contribution in [0, 0.1) is 17.3 Å². The molecule has 1 N–H and O–H groups in total. The van der Waals surface area contributed by atoms with Crippen LogP contribution in [0.25, 0.3) is 0 Å². The van der Waals surface area contributed by atoms with Gasteiger partial charge in [-0.2, -0.15) is 0 Å². The Hall–Kier alpha value is 0.690. The Kier molecular flexibility index (Phi) is 4.49. The molecule has 1 fully saturated rings. The van der Waals surface area contributed by atoms with Crippen molar-refractivity contribution < 1.29 is 0 Å². The Morgan fingerprint density at radius 3 is 2.46 bits per heavy atom. The van der Waals surface area contributed by atoms with Gasteiger partial charge in [-0.05, 0) is 50.1 Å². The maximum atomic E-state index is 3.27. The fourth-order valence-corrected chi connectivity index (χ4v) is 3.30. The highest BCUT2D eigenvalue weighted by atomic mass is 127. The Morgan fingerprint density at radius 2 is 2.08 bits per heavy atom. The second-order valence-electron chi connectivity index (χ2n) is 4.90. The first-order valence-electron chi connectivity index (χ1n) is 5.34. The fraction of sp³-hybridized carbons (Fsp3) is 1.00. The van der Waals surface area contributed by atoms with Gasteiger partial charge in [0.2, 0.25) is 0 Å². The van der Waals surface area contributed by atoms with E-state index in [4.69, 9.17) is 0 Å². The largest absolute Gasteiger partial charge is 0.320 e. The zero-order chi connectivity index (χ0) is 9.90. The van der Waals surface area contributed by atoms with E-state index in [9.17, 15) is 0 Å². The molecule has 78 valence electrons. The third-order valence-corrected chi connectivity index (χ3v) is 5.14. The van der Waals surface area contributed by atoms with Crippen LogP contribution in [0.15, 0.2) is 0 Å². The molecule has 0 aromatic heterocycles. The molecule has 0 saturated heterocycles. The molecule has 0 aromatic carbocycles. The van der Waals surface area contributed by atoms with Crippen molar-refractivity contribution in [1.29, 1.82) is 0 Å². The molecule has 13 heavy (non-hydrogen) atoms. The third kappa shape index (κ3) is 2.82. The van der Waals surface area contributed by atoms with Gasteiger partial charge >= 0.3 is 0 Å². The first-order chi connectivity index (χ1) is 6.13. The van der Waals surface area contributed by atoms with Crippen LogP contribution in [0.4, 0.5) is 0 Å². The minimum Gasteiger partial charge on any atom is -0.320 e. The Bertz CT molecular complexity index is 150. The van der Waals surface area contributed by atoms with Gasteiger partial charge in [-0.1, -0.05) is 36.4 Å². The molecule has 0 amide bonds. The quantitative estimate of drug-likeness (QED) is 0.607. The van der Waals surface area contributed by atoms with E-state index in [0.29, 0.717) is 5.41 Å². The second-order valence-corrected chi connectivity index (χ2v) is 5.66. The zero-order valence-electron chi connectivity index (χ0n) is 9.07. The summed E-state index contributed by atoms with van der Waals surface area (Å²) >= 11 is 2.56. The fourth-order valence-electron chi connectivity index (χ4n) is 2.29. The number of alkyl halides is 1. The molecule has 0 aliphatic heterocycles. The van der Waals surface area contributed by atoms with Crippen LogP contribution < -0.4 is 5.32 Å². The average molecular weight is 295 g/mol. The van der Waals surface area contributed by atoms with Gasteiger partial charge in [-0.25, -0.2) is 0 Å². The molecular formula is C11H22IN. The lowest BCUT2D eigenvalue weighted by Gasteiger charge is -2.49. The molecule has 1 aliphatic rings. The lowest BCUT2D eigenvalue weighted by molar-refractivity contribution is 0.0432. The third-order valence-electron chi connectivity index (χ3n) is 3.52. The summed E-state index contributed by atoms with van der Waals surface area (Å²) < 4.78 is 1.34. The number of nitrogens with one attached hydrogen (secondary N) is 1. The van der Waals surface area contributed by atoms with Crippen molar-refractivity contribution in [3.8, 4) is 0 Å². The van der Waals surface area contributed by atoms with Gasteiger partial charge in [0.1, 0.15) is 0 Å². The monoisotopic (exact) mass is 295 g/mol. The van der Waals surface area contributed by atoms with Gasteiger partial charge in [0, 0.05) is 4.43 Å².